The van der Waals surface area contributed by atoms with Crippen molar-refractivity contribution in [2.75, 3.05) is 20.6 Å². The molecule has 0 bridgehead atoms. The van der Waals surface area contributed by atoms with E-state index in [0.29, 0.717) is 22.4 Å². The third-order valence-corrected chi connectivity index (χ3v) is 5.08. The number of nitrogens with one attached hydrogen (secondary N) is 1. The predicted octanol–water partition coefficient (Wildman–Crippen LogP) is 3.65. The Bertz CT molecular complexity index is 1200. The van der Waals surface area contributed by atoms with Crippen molar-refractivity contribution in [1.82, 2.24) is 15.2 Å². The minimum Gasteiger partial charge on any atom is -0.366 e. The second-order valence-corrected chi connectivity index (χ2v) is 8.02. The Kier molecular flexibility index (Phi) is 10.1. The third-order valence-electron chi connectivity index (χ3n) is 5.08. The first-order valence-corrected chi connectivity index (χ1v) is 10.9. The highest BCUT2D eigenvalue weighted by atomic mass is 19.1. The van der Waals surface area contributed by atoms with Crippen LogP contribution in [0, 0.1) is 11.6 Å². The van der Waals surface area contributed by atoms with E-state index >= 15 is 0 Å². The van der Waals surface area contributed by atoms with E-state index in [0.717, 1.165) is 12.1 Å². The lowest BCUT2D eigenvalue weighted by Gasteiger charge is -2.23. The fraction of sp³-hybridized carbons (Fsp3) is 0.231. The quantitative estimate of drug-likeness (QED) is 0.213. The SMILES string of the molecule is C=C(C=CC(F)=C(C)C(N)=O)c1cccnc1C(Cc1cc(F)cc(F)c1)NC(=O)CN(C)C=NC. The number of benzene rings is 1. The van der Waals surface area contributed by atoms with Gasteiger partial charge >= 0.3 is 0 Å². The number of aromatic nitrogens is 1. The Hall–Kier alpha value is -4.21. The summed E-state index contributed by atoms with van der Waals surface area (Å²) in [4.78, 5) is 33.7. The normalized spacial score (nSPS) is 12.9. The van der Waals surface area contributed by atoms with Gasteiger partial charge in [-0.2, -0.15) is 0 Å². The van der Waals surface area contributed by atoms with Gasteiger partial charge in [0.15, 0.2) is 0 Å². The van der Waals surface area contributed by atoms with E-state index in [1.54, 1.807) is 31.1 Å². The number of carbonyl (C=O) groups is 2. The van der Waals surface area contributed by atoms with E-state index in [4.69, 9.17) is 5.73 Å². The smallest absolute Gasteiger partial charge is 0.247 e. The topological polar surface area (TPSA) is 101 Å². The van der Waals surface area contributed by atoms with Gasteiger partial charge in [0.2, 0.25) is 11.8 Å². The molecule has 7 nitrogen and oxygen atoms in total. The average Bonchev–Trinajstić information content (AvgIpc) is 2.80. The summed E-state index contributed by atoms with van der Waals surface area (Å²) in [6.07, 6.45) is 5.38. The first kappa shape index (κ1) is 28.0. The number of likely N-dealkylation sites (N-methyl/N-ethyl adjacent to an activating group) is 1. The fourth-order valence-corrected chi connectivity index (χ4v) is 3.36. The van der Waals surface area contributed by atoms with Crippen molar-refractivity contribution in [2.24, 2.45) is 10.7 Å². The van der Waals surface area contributed by atoms with Gasteiger partial charge in [-0.05, 0) is 48.8 Å². The van der Waals surface area contributed by atoms with Gasteiger partial charge in [0.05, 0.1) is 24.6 Å². The number of hydrogen-bond acceptors (Lipinski definition) is 4. The maximum absolute atomic E-state index is 14.2. The van der Waals surface area contributed by atoms with Crippen LogP contribution in [0.25, 0.3) is 5.57 Å². The number of rotatable bonds is 11. The zero-order chi connectivity index (χ0) is 26.8. The molecule has 0 spiro atoms. The lowest BCUT2D eigenvalue weighted by Crippen LogP contribution is -2.38. The van der Waals surface area contributed by atoms with Crippen molar-refractivity contribution in [1.29, 1.82) is 0 Å². The van der Waals surface area contributed by atoms with Crippen LogP contribution in [0.5, 0.6) is 0 Å². The molecule has 190 valence electrons. The van der Waals surface area contributed by atoms with Crippen LogP contribution in [0.1, 0.15) is 29.8 Å². The predicted molar refractivity (Wildman–Crippen MR) is 133 cm³/mol. The first-order valence-electron chi connectivity index (χ1n) is 10.9. The van der Waals surface area contributed by atoms with Crippen LogP contribution in [-0.4, -0.2) is 48.7 Å². The summed E-state index contributed by atoms with van der Waals surface area (Å²) >= 11 is 0. The van der Waals surface area contributed by atoms with E-state index in [2.05, 4.69) is 21.9 Å². The summed E-state index contributed by atoms with van der Waals surface area (Å²) < 4.78 is 41.9. The zero-order valence-electron chi connectivity index (χ0n) is 20.3. The van der Waals surface area contributed by atoms with Crippen molar-refractivity contribution in [2.45, 2.75) is 19.4 Å². The maximum atomic E-state index is 14.2. The first-order chi connectivity index (χ1) is 17.0. The summed E-state index contributed by atoms with van der Waals surface area (Å²) in [6.45, 7) is 5.16. The monoisotopic (exact) mass is 499 g/mol. The van der Waals surface area contributed by atoms with Gasteiger partial charge in [-0.1, -0.05) is 18.7 Å². The van der Waals surface area contributed by atoms with Crippen molar-refractivity contribution < 1.29 is 22.8 Å². The number of pyridine rings is 1. The molecule has 2 amide bonds. The molecule has 1 aromatic heterocycles. The van der Waals surface area contributed by atoms with Gasteiger partial charge < -0.3 is 16.0 Å². The molecule has 0 aliphatic rings. The molecule has 2 rings (SSSR count). The summed E-state index contributed by atoms with van der Waals surface area (Å²) in [5.74, 6) is -3.62. The Morgan fingerprint density at radius 1 is 1.25 bits per heavy atom. The summed E-state index contributed by atoms with van der Waals surface area (Å²) in [6, 6.07) is 5.58. The van der Waals surface area contributed by atoms with Crippen molar-refractivity contribution >= 4 is 23.7 Å². The molecule has 36 heavy (non-hydrogen) atoms. The minimum absolute atomic E-state index is 0.0159. The van der Waals surface area contributed by atoms with E-state index in [-0.39, 0.29) is 24.4 Å². The summed E-state index contributed by atoms with van der Waals surface area (Å²) in [5, 5.41) is 2.84. The summed E-state index contributed by atoms with van der Waals surface area (Å²) in [7, 11) is 3.23. The number of hydrogen-bond donors (Lipinski definition) is 2. The Labute approximate surface area is 207 Å². The molecular formula is C26H28F3N5O2. The minimum atomic E-state index is -0.895. The number of primary amides is 1. The Balaban J connectivity index is 2.45. The van der Waals surface area contributed by atoms with E-state index < -0.39 is 29.4 Å². The van der Waals surface area contributed by atoms with E-state index in [1.165, 1.54) is 37.7 Å². The van der Waals surface area contributed by atoms with Crippen molar-refractivity contribution in [3.63, 3.8) is 0 Å². The number of halogens is 3. The van der Waals surface area contributed by atoms with Crippen molar-refractivity contribution in [3.05, 3.63) is 95.1 Å². The average molecular weight is 500 g/mol. The van der Waals surface area contributed by atoms with E-state index in [1.807, 2.05) is 0 Å². The second-order valence-electron chi connectivity index (χ2n) is 8.02. The fourth-order valence-electron chi connectivity index (χ4n) is 3.36. The second kappa shape index (κ2) is 13.0. The number of nitrogens with two attached hydrogens (primary N) is 1. The molecular weight excluding hydrogens is 471 g/mol. The van der Waals surface area contributed by atoms with Gasteiger partial charge in [0, 0.05) is 37.5 Å². The van der Waals surface area contributed by atoms with Gasteiger partial charge in [-0.3, -0.25) is 19.6 Å². The number of carbonyl (C=O) groups excluding carboxylic acids is 2. The molecule has 0 saturated carbocycles. The third kappa shape index (κ3) is 8.23. The number of nitrogens with zero attached hydrogens (tertiary/aromatic N) is 3. The molecule has 0 aliphatic carbocycles. The highest BCUT2D eigenvalue weighted by Gasteiger charge is 2.22. The van der Waals surface area contributed by atoms with Crippen LogP contribution >= 0.6 is 0 Å². The van der Waals surface area contributed by atoms with Crippen LogP contribution in [0.4, 0.5) is 13.2 Å². The molecule has 1 aromatic carbocycles. The highest BCUT2D eigenvalue weighted by Crippen LogP contribution is 2.27. The van der Waals surface area contributed by atoms with Gasteiger partial charge in [0.25, 0.3) is 0 Å². The Morgan fingerprint density at radius 3 is 2.53 bits per heavy atom. The molecule has 0 aliphatic heterocycles. The molecule has 3 N–H and O–H groups in total. The lowest BCUT2D eigenvalue weighted by molar-refractivity contribution is -0.122. The molecule has 0 saturated heterocycles. The maximum Gasteiger partial charge on any atom is 0.247 e. The molecule has 1 atom stereocenters. The van der Waals surface area contributed by atoms with Crippen LogP contribution < -0.4 is 11.1 Å². The van der Waals surface area contributed by atoms with Crippen LogP contribution in [0.3, 0.4) is 0 Å². The molecule has 0 radical (unpaired) electrons. The van der Waals surface area contributed by atoms with Crippen LogP contribution in [-0.2, 0) is 16.0 Å². The molecule has 0 fully saturated rings. The van der Waals surface area contributed by atoms with Gasteiger partial charge in [-0.15, -0.1) is 0 Å². The molecule has 1 unspecified atom stereocenters. The van der Waals surface area contributed by atoms with Crippen LogP contribution in [0.15, 0.2) is 71.7 Å². The number of amides is 2. The van der Waals surface area contributed by atoms with Crippen molar-refractivity contribution in [3.8, 4) is 0 Å². The van der Waals surface area contributed by atoms with Crippen LogP contribution in [0.2, 0.25) is 0 Å². The van der Waals surface area contributed by atoms with Gasteiger partial charge in [0.1, 0.15) is 17.5 Å². The Morgan fingerprint density at radius 2 is 1.92 bits per heavy atom. The molecule has 10 heteroatoms. The van der Waals surface area contributed by atoms with E-state index in [9.17, 15) is 22.8 Å². The largest absolute Gasteiger partial charge is 0.366 e. The van der Waals surface area contributed by atoms with Gasteiger partial charge in [-0.25, -0.2) is 13.2 Å². The molecule has 2 aromatic rings. The standard InChI is InChI=1S/C26H28F3N5O2/c1-16(7-8-22(29)17(2)26(30)36)21-6-5-9-32-25(21)23(33-24(35)14-34(4)15-31-3)12-18-10-19(27)13-20(28)11-18/h5-11,13,15,23H,1,12,14H2,2-4H3,(H2,30,36)(H,33,35). The molecule has 1 heterocycles. The number of aliphatic imine (C=N–C) groups is 1. The highest BCUT2D eigenvalue weighted by molar-refractivity contribution is 5.92. The number of allylic oxidation sites excluding steroid dienone is 4. The lowest BCUT2D eigenvalue weighted by atomic mass is 9.95. The summed E-state index contributed by atoms with van der Waals surface area (Å²) in [5.41, 5.74) is 6.29. The zero-order valence-corrected chi connectivity index (χ0v) is 20.3.